The topological polar surface area (TPSA) is 202 Å². The first-order valence-corrected chi connectivity index (χ1v) is 7.04. The van der Waals surface area contributed by atoms with Gasteiger partial charge in [0, 0.05) is 0 Å². The van der Waals surface area contributed by atoms with Gasteiger partial charge < -0.3 is 32.3 Å². The molecule has 136 valence electrons. The third-order valence-electron chi connectivity index (χ3n) is 3.00. The van der Waals surface area contributed by atoms with Crippen molar-refractivity contribution in [2.24, 2.45) is 17.4 Å². The second-order valence-corrected chi connectivity index (χ2v) is 5.50. The smallest absolute Gasteiger partial charge is 0.326 e. The average Bonchev–Trinajstić information content (AvgIpc) is 2.41. The fourth-order valence-corrected chi connectivity index (χ4v) is 1.74. The minimum atomic E-state index is -1.54. The fourth-order valence-electron chi connectivity index (χ4n) is 1.74. The Morgan fingerprint density at radius 2 is 1.50 bits per heavy atom. The molecule has 0 aromatic carbocycles. The van der Waals surface area contributed by atoms with Crippen LogP contribution in [-0.4, -0.2) is 58.0 Å². The van der Waals surface area contributed by atoms with Crippen LogP contribution in [0.15, 0.2) is 0 Å². The van der Waals surface area contributed by atoms with Crippen LogP contribution in [0.4, 0.5) is 0 Å². The number of hydrogen-bond donors (Lipinski definition) is 6. The molecular weight excluding hydrogens is 324 g/mol. The van der Waals surface area contributed by atoms with Gasteiger partial charge in [-0.25, -0.2) is 4.79 Å². The zero-order valence-electron chi connectivity index (χ0n) is 13.3. The molecular formula is C13H22N4O7. The molecule has 0 aliphatic heterocycles. The first kappa shape index (κ1) is 21.3. The summed E-state index contributed by atoms with van der Waals surface area (Å²) in [7, 11) is 0. The number of carboxylic acids is 2. The maximum atomic E-state index is 12.2. The molecule has 0 saturated carbocycles. The third-order valence-corrected chi connectivity index (χ3v) is 3.00. The number of nitrogens with two attached hydrogens (primary N) is 2. The van der Waals surface area contributed by atoms with Gasteiger partial charge in [-0.15, -0.1) is 0 Å². The Bertz CT molecular complexity index is 520. The molecule has 0 heterocycles. The number of aliphatic carboxylic acids is 2. The standard InChI is InChI=1S/C13H22N4O7/c1-5(2)10(17-11(21)6(14)3-9(19)20)12(22)16-7(13(23)24)4-8(15)18/h5-7,10H,3-4,14H2,1-2H3,(H2,15,18)(H,16,22)(H,17,21)(H,19,20)(H,23,24). The molecule has 0 bridgehead atoms. The molecule has 0 aliphatic carbocycles. The van der Waals surface area contributed by atoms with Gasteiger partial charge in [0.1, 0.15) is 12.1 Å². The highest BCUT2D eigenvalue weighted by molar-refractivity contribution is 5.94. The van der Waals surface area contributed by atoms with Gasteiger partial charge in [-0.2, -0.15) is 0 Å². The van der Waals surface area contributed by atoms with Crippen LogP contribution in [-0.2, 0) is 24.0 Å². The van der Waals surface area contributed by atoms with E-state index in [1.165, 1.54) is 0 Å². The Balaban J connectivity index is 5.00. The molecule has 0 aromatic heterocycles. The van der Waals surface area contributed by atoms with Gasteiger partial charge in [0.15, 0.2) is 0 Å². The number of amides is 3. The highest BCUT2D eigenvalue weighted by Crippen LogP contribution is 2.04. The number of carbonyl (C=O) groups is 5. The van der Waals surface area contributed by atoms with E-state index < -0.39 is 66.5 Å². The lowest BCUT2D eigenvalue weighted by Gasteiger charge is -2.24. The lowest BCUT2D eigenvalue weighted by atomic mass is 10.0. The Morgan fingerprint density at radius 1 is 0.958 bits per heavy atom. The molecule has 3 unspecified atom stereocenters. The zero-order chi connectivity index (χ0) is 19.0. The first-order chi connectivity index (χ1) is 11.0. The van der Waals surface area contributed by atoms with E-state index in [9.17, 15) is 24.0 Å². The van der Waals surface area contributed by atoms with E-state index in [0.717, 1.165) is 0 Å². The highest BCUT2D eigenvalue weighted by Gasteiger charge is 2.30. The van der Waals surface area contributed by atoms with Crippen molar-refractivity contribution in [2.75, 3.05) is 0 Å². The molecule has 3 atom stereocenters. The van der Waals surface area contributed by atoms with E-state index in [2.05, 4.69) is 10.6 Å². The first-order valence-electron chi connectivity index (χ1n) is 7.04. The lowest BCUT2D eigenvalue weighted by molar-refractivity contribution is -0.144. The van der Waals surface area contributed by atoms with Gasteiger partial charge >= 0.3 is 11.9 Å². The molecule has 0 saturated heterocycles. The second kappa shape index (κ2) is 9.45. The van der Waals surface area contributed by atoms with Crippen molar-refractivity contribution in [1.82, 2.24) is 10.6 Å². The van der Waals surface area contributed by atoms with E-state index in [1.54, 1.807) is 13.8 Å². The Hall–Kier alpha value is -2.69. The predicted octanol–water partition coefficient (Wildman–Crippen LogP) is -2.63. The van der Waals surface area contributed by atoms with Crippen LogP contribution in [0.3, 0.4) is 0 Å². The summed E-state index contributed by atoms with van der Waals surface area (Å²) < 4.78 is 0. The SMILES string of the molecule is CC(C)C(NC(=O)C(N)CC(=O)O)C(=O)NC(CC(N)=O)C(=O)O. The minimum absolute atomic E-state index is 0.450. The number of rotatable bonds is 10. The number of nitrogens with one attached hydrogen (secondary N) is 2. The van der Waals surface area contributed by atoms with Gasteiger partial charge in [-0.1, -0.05) is 13.8 Å². The second-order valence-electron chi connectivity index (χ2n) is 5.50. The molecule has 0 aliphatic rings. The lowest BCUT2D eigenvalue weighted by Crippen LogP contribution is -2.56. The molecule has 24 heavy (non-hydrogen) atoms. The van der Waals surface area contributed by atoms with Gasteiger partial charge in [-0.05, 0) is 5.92 Å². The van der Waals surface area contributed by atoms with E-state index in [4.69, 9.17) is 21.7 Å². The largest absolute Gasteiger partial charge is 0.481 e. The minimum Gasteiger partial charge on any atom is -0.481 e. The number of hydrogen-bond acceptors (Lipinski definition) is 6. The normalized spacial score (nSPS) is 14.3. The summed E-state index contributed by atoms with van der Waals surface area (Å²) in [6, 6.07) is -4.06. The average molecular weight is 346 g/mol. The van der Waals surface area contributed by atoms with Crippen LogP contribution in [0.25, 0.3) is 0 Å². The molecule has 0 radical (unpaired) electrons. The molecule has 0 spiro atoms. The molecule has 11 nitrogen and oxygen atoms in total. The van der Waals surface area contributed by atoms with Gasteiger partial charge in [0.05, 0.1) is 18.9 Å². The summed E-state index contributed by atoms with van der Waals surface area (Å²) in [5, 5.41) is 21.9. The summed E-state index contributed by atoms with van der Waals surface area (Å²) in [6.07, 6.45) is -1.24. The Labute approximate surface area is 137 Å². The zero-order valence-corrected chi connectivity index (χ0v) is 13.3. The maximum absolute atomic E-state index is 12.2. The van der Waals surface area contributed by atoms with Crippen molar-refractivity contribution in [3.63, 3.8) is 0 Å². The maximum Gasteiger partial charge on any atom is 0.326 e. The van der Waals surface area contributed by atoms with Gasteiger partial charge in [0.2, 0.25) is 17.7 Å². The molecule has 3 amide bonds. The van der Waals surface area contributed by atoms with Crippen LogP contribution < -0.4 is 22.1 Å². The van der Waals surface area contributed by atoms with E-state index in [1.807, 2.05) is 0 Å². The highest BCUT2D eigenvalue weighted by atomic mass is 16.4. The van der Waals surface area contributed by atoms with Crippen molar-refractivity contribution in [2.45, 2.75) is 44.8 Å². The number of carbonyl (C=O) groups excluding carboxylic acids is 3. The summed E-state index contributed by atoms with van der Waals surface area (Å²) in [4.78, 5) is 56.4. The Morgan fingerprint density at radius 3 is 1.88 bits per heavy atom. The monoisotopic (exact) mass is 346 g/mol. The van der Waals surface area contributed by atoms with Crippen LogP contribution in [0, 0.1) is 5.92 Å². The van der Waals surface area contributed by atoms with Crippen LogP contribution in [0.5, 0.6) is 0 Å². The van der Waals surface area contributed by atoms with Crippen molar-refractivity contribution in [1.29, 1.82) is 0 Å². The predicted molar refractivity (Wildman–Crippen MR) is 80.4 cm³/mol. The number of carboxylic acid groups (broad SMARTS) is 2. The third kappa shape index (κ3) is 7.54. The van der Waals surface area contributed by atoms with Crippen molar-refractivity contribution >= 4 is 29.7 Å². The Kier molecular flexibility index (Phi) is 8.39. The fraction of sp³-hybridized carbons (Fsp3) is 0.615. The van der Waals surface area contributed by atoms with Crippen molar-refractivity contribution in [3.8, 4) is 0 Å². The number of primary amides is 1. The van der Waals surface area contributed by atoms with Crippen LogP contribution in [0.1, 0.15) is 26.7 Å². The van der Waals surface area contributed by atoms with Gasteiger partial charge in [0.25, 0.3) is 0 Å². The summed E-state index contributed by atoms with van der Waals surface area (Å²) in [5.74, 6) is -5.83. The van der Waals surface area contributed by atoms with Crippen LogP contribution >= 0.6 is 0 Å². The summed E-state index contributed by atoms with van der Waals surface area (Å²) in [5.41, 5.74) is 10.3. The summed E-state index contributed by atoms with van der Waals surface area (Å²) in [6.45, 7) is 3.16. The van der Waals surface area contributed by atoms with E-state index in [0.29, 0.717) is 0 Å². The molecule has 11 heteroatoms. The molecule has 8 N–H and O–H groups in total. The van der Waals surface area contributed by atoms with Crippen LogP contribution in [0.2, 0.25) is 0 Å². The summed E-state index contributed by atoms with van der Waals surface area (Å²) >= 11 is 0. The van der Waals surface area contributed by atoms with Gasteiger partial charge in [-0.3, -0.25) is 19.2 Å². The quantitative estimate of drug-likeness (QED) is 0.246. The van der Waals surface area contributed by atoms with Crippen molar-refractivity contribution in [3.05, 3.63) is 0 Å². The molecule has 0 rings (SSSR count). The van der Waals surface area contributed by atoms with E-state index >= 15 is 0 Å². The van der Waals surface area contributed by atoms with E-state index in [-0.39, 0.29) is 0 Å². The van der Waals surface area contributed by atoms with Crippen molar-refractivity contribution < 1.29 is 34.2 Å². The molecule has 0 fully saturated rings. The molecule has 0 aromatic rings.